The van der Waals surface area contributed by atoms with Gasteiger partial charge in [-0.3, -0.25) is 24.2 Å². The lowest BCUT2D eigenvalue weighted by atomic mass is 9.57. The van der Waals surface area contributed by atoms with Gasteiger partial charge in [0.15, 0.2) is 11.4 Å². The minimum atomic E-state index is -2.73. The van der Waals surface area contributed by atoms with Crippen LogP contribution in [0.1, 0.15) is 55.4 Å². The molecule has 2 fully saturated rings. The second-order valence-electron chi connectivity index (χ2n) is 13.6. The fourth-order valence-corrected chi connectivity index (χ4v) is 8.23. The van der Waals surface area contributed by atoms with E-state index >= 15 is 4.39 Å². The minimum Gasteiger partial charge on any atom is -0.508 e. The van der Waals surface area contributed by atoms with Gasteiger partial charge in [-0.1, -0.05) is 0 Å². The van der Waals surface area contributed by atoms with Gasteiger partial charge in [0.25, 0.3) is 5.91 Å². The third kappa shape index (κ3) is 4.10. The molecular weight excluding hydrogens is 559 g/mol. The van der Waals surface area contributed by atoms with Crippen molar-refractivity contribution in [1.82, 2.24) is 14.7 Å². The number of hydrogen-bond donors (Lipinski definition) is 5. The summed E-state index contributed by atoms with van der Waals surface area (Å²) in [6.45, 7) is 7.50. The summed E-state index contributed by atoms with van der Waals surface area (Å²) in [5, 5.41) is 45.7. The van der Waals surface area contributed by atoms with Crippen LogP contribution in [0.3, 0.4) is 0 Å². The number of primary amides is 1. The third-order valence-corrected chi connectivity index (χ3v) is 10.4. The topological polar surface area (TPSA) is 168 Å². The van der Waals surface area contributed by atoms with Crippen LogP contribution < -0.4 is 5.73 Å². The Labute approximate surface area is 249 Å². The smallest absolute Gasteiger partial charge is 0.255 e. The molecule has 2 heterocycles. The molecule has 0 aromatic heterocycles. The number of rotatable bonds is 5. The quantitative estimate of drug-likeness (QED) is 0.312. The molecule has 0 bridgehead atoms. The molecule has 1 saturated heterocycles. The van der Waals surface area contributed by atoms with Crippen molar-refractivity contribution in [3.8, 4) is 5.75 Å². The van der Waals surface area contributed by atoms with Crippen LogP contribution in [0.2, 0.25) is 0 Å². The Morgan fingerprint density at radius 1 is 1.09 bits per heavy atom. The van der Waals surface area contributed by atoms with E-state index in [4.69, 9.17) is 5.73 Å². The Bertz CT molecular complexity index is 1530. The summed E-state index contributed by atoms with van der Waals surface area (Å²) in [5.74, 6) is -7.96. The molecule has 1 amide bonds. The number of Topliss-reactive ketones (excluding diaryl/α,β-unsaturated/α-hetero) is 2. The number of amides is 1. The fourth-order valence-electron chi connectivity index (χ4n) is 8.23. The molecular formula is C31H39FN4O7. The molecule has 12 heteroatoms. The van der Waals surface area contributed by atoms with E-state index in [-0.39, 0.29) is 53.9 Å². The minimum absolute atomic E-state index is 0.0704. The number of carbonyl (C=O) groups excluding carboxylic acids is 3. The number of likely N-dealkylation sites (tertiary alicyclic amines) is 1. The fraction of sp³-hybridized carbons (Fsp3) is 0.581. The number of likely N-dealkylation sites (N-methyl/N-ethyl adjacent to an activating group) is 1. The van der Waals surface area contributed by atoms with Crippen LogP contribution in [0, 0.1) is 17.7 Å². The average Bonchev–Trinajstić information content (AvgIpc) is 3.59. The maximum Gasteiger partial charge on any atom is 0.255 e. The number of aromatic hydroxyl groups is 1. The first-order valence-electron chi connectivity index (χ1n) is 14.8. The summed E-state index contributed by atoms with van der Waals surface area (Å²) in [7, 11) is 3.07. The molecule has 5 aliphatic rings. The van der Waals surface area contributed by atoms with E-state index in [0.717, 1.165) is 32.5 Å². The van der Waals surface area contributed by atoms with Crippen molar-refractivity contribution in [3.63, 3.8) is 0 Å². The van der Waals surface area contributed by atoms with E-state index in [9.17, 15) is 34.8 Å². The zero-order valence-corrected chi connectivity index (χ0v) is 24.9. The van der Waals surface area contributed by atoms with E-state index in [1.54, 1.807) is 0 Å². The molecule has 2 aliphatic heterocycles. The molecule has 1 saturated carbocycles. The number of hydrogen-bond acceptors (Lipinski definition) is 10. The average molecular weight is 599 g/mol. The van der Waals surface area contributed by atoms with E-state index < -0.39 is 63.9 Å². The number of phenolic OH excluding ortho intramolecular Hbond substituents is 1. The van der Waals surface area contributed by atoms with Gasteiger partial charge in [-0.25, -0.2) is 4.39 Å². The summed E-state index contributed by atoms with van der Waals surface area (Å²) in [4.78, 5) is 45.4. The largest absolute Gasteiger partial charge is 0.508 e. The number of nitrogens with two attached hydrogens (primary N) is 1. The summed E-state index contributed by atoms with van der Waals surface area (Å²) in [5.41, 5.74) is 1.72. The van der Waals surface area contributed by atoms with Crippen molar-refractivity contribution in [2.45, 2.75) is 69.8 Å². The van der Waals surface area contributed by atoms with Crippen molar-refractivity contribution in [2.24, 2.45) is 17.6 Å². The zero-order chi connectivity index (χ0) is 31.3. The highest BCUT2D eigenvalue weighted by atomic mass is 19.1. The van der Waals surface area contributed by atoms with E-state index in [2.05, 4.69) is 23.6 Å². The third-order valence-electron chi connectivity index (χ3n) is 10.4. The van der Waals surface area contributed by atoms with Crippen molar-refractivity contribution < 1.29 is 39.2 Å². The molecule has 43 heavy (non-hydrogen) atoms. The van der Waals surface area contributed by atoms with Gasteiger partial charge in [-0.05, 0) is 72.6 Å². The highest BCUT2D eigenvalue weighted by Gasteiger charge is 2.64. The lowest BCUT2D eigenvalue weighted by Gasteiger charge is -2.50. The van der Waals surface area contributed by atoms with E-state index in [1.807, 2.05) is 0 Å². The van der Waals surface area contributed by atoms with Gasteiger partial charge < -0.3 is 31.1 Å². The molecule has 0 radical (unpaired) electrons. The maximum atomic E-state index is 16.3. The Hall–Kier alpha value is -3.32. The van der Waals surface area contributed by atoms with Gasteiger partial charge >= 0.3 is 0 Å². The Morgan fingerprint density at radius 3 is 2.33 bits per heavy atom. The Kier molecular flexibility index (Phi) is 6.81. The van der Waals surface area contributed by atoms with Gasteiger partial charge in [0, 0.05) is 53.4 Å². The van der Waals surface area contributed by atoms with Crippen LogP contribution in [-0.2, 0) is 33.9 Å². The highest BCUT2D eigenvalue weighted by Crippen LogP contribution is 2.54. The molecule has 1 aromatic rings. The van der Waals surface area contributed by atoms with Crippen LogP contribution >= 0.6 is 0 Å². The molecule has 1 aromatic carbocycles. The van der Waals surface area contributed by atoms with Crippen molar-refractivity contribution in [3.05, 3.63) is 45.0 Å². The second-order valence-corrected chi connectivity index (χ2v) is 13.6. The predicted octanol–water partition coefficient (Wildman–Crippen LogP) is 1.29. The summed E-state index contributed by atoms with van der Waals surface area (Å²) in [6, 6.07) is -1.19. The molecule has 4 atom stereocenters. The van der Waals surface area contributed by atoms with Gasteiger partial charge in [-0.2, -0.15) is 0 Å². The molecule has 232 valence electrons. The standard InChI is InChI=1S/C31H39FN4O7/c1-30(2,13-35-7-5-6-8-35)36-11-16-17(12-36)24(37)20-15(22(16)32)9-14-10-18-23(34(3)4)26(39)21(29(33)42)28(41)31(18,43)27(40)19(14)25(20)38/h14,18,23,37-38,41,43H,5-13H2,1-4H3,(H2,33,42)/t14-,18-,23-,31-/m0/s1. The van der Waals surface area contributed by atoms with Crippen LogP contribution in [0.15, 0.2) is 16.9 Å². The van der Waals surface area contributed by atoms with Crippen LogP contribution in [0.25, 0.3) is 5.76 Å². The Balaban J connectivity index is 1.44. The van der Waals surface area contributed by atoms with Gasteiger partial charge in [0.1, 0.15) is 28.7 Å². The number of carbonyl (C=O) groups is 3. The summed E-state index contributed by atoms with van der Waals surface area (Å²) >= 11 is 0. The van der Waals surface area contributed by atoms with E-state index in [0.29, 0.717) is 11.1 Å². The first kappa shape index (κ1) is 29.7. The maximum absolute atomic E-state index is 16.3. The second kappa shape index (κ2) is 9.85. The molecule has 3 aliphatic carbocycles. The van der Waals surface area contributed by atoms with Crippen molar-refractivity contribution in [2.75, 3.05) is 33.7 Å². The number of fused-ring (bicyclic) bond motifs is 4. The number of halogens is 1. The van der Waals surface area contributed by atoms with Crippen LogP contribution in [-0.4, -0.2) is 104 Å². The SMILES string of the molecule is CN(C)[C@@H]1C(=O)C(C(N)=O)=C(O)[C@@]2(O)C(=O)C3=C(O)c4c(O)c5c(c(F)c4C[C@H]3C[C@@H]12)CN(C(C)(C)CN1CCCC1)C5. The number of aliphatic hydroxyl groups is 3. The monoisotopic (exact) mass is 598 g/mol. The van der Waals surface area contributed by atoms with Crippen LogP contribution in [0.4, 0.5) is 4.39 Å². The molecule has 0 spiro atoms. The number of phenols is 1. The number of ketones is 2. The molecule has 6 N–H and O–H groups in total. The highest BCUT2D eigenvalue weighted by molar-refractivity contribution is 6.24. The zero-order valence-electron chi connectivity index (χ0n) is 24.9. The van der Waals surface area contributed by atoms with Gasteiger partial charge in [0.2, 0.25) is 5.78 Å². The van der Waals surface area contributed by atoms with E-state index in [1.165, 1.54) is 19.0 Å². The Morgan fingerprint density at radius 2 is 1.72 bits per heavy atom. The van der Waals surface area contributed by atoms with Gasteiger partial charge in [-0.15, -0.1) is 0 Å². The predicted molar refractivity (Wildman–Crippen MR) is 153 cm³/mol. The molecule has 6 rings (SSSR count). The number of aliphatic hydroxyl groups excluding tert-OH is 2. The van der Waals surface area contributed by atoms with Crippen LogP contribution in [0.5, 0.6) is 5.75 Å². The van der Waals surface area contributed by atoms with Crippen molar-refractivity contribution >= 4 is 23.2 Å². The molecule has 0 unspecified atom stereocenters. The number of nitrogens with zero attached hydrogens (tertiary/aromatic N) is 3. The lowest BCUT2D eigenvalue weighted by Crippen LogP contribution is -2.65. The lowest BCUT2D eigenvalue weighted by molar-refractivity contribution is -0.153. The first-order chi connectivity index (χ1) is 20.1. The summed E-state index contributed by atoms with van der Waals surface area (Å²) in [6.07, 6.45) is 2.13. The normalized spacial score (nSPS) is 29.7. The first-order valence-corrected chi connectivity index (χ1v) is 14.8. The van der Waals surface area contributed by atoms with Crippen molar-refractivity contribution in [1.29, 1.82) is 0 Å². The number of benzene rings is 1. The summed E-state index contributed by atoms with van der Waals surface area (Å²) < 4.78 is 16.3. The molecule has 11 nitrogen and oxygen atoms in total. The van der Waals surface area contributed by atoms with Gasteiger partial charge in [0.05, 0.1) is 11.6 Å².